The Bertz CT molecular complexity index is 356. The number of rotatable bonds is 2. The van der Waals surface area contributed by atoms with Crippen molar-refractivity contribution in [2.24, 2.45) is 11.3 Å². The van der Waals surface area contributed by atoms with E-state index in [1.54, 1.807) is 24.3 Å². The highest BCUT2D eigenvalue weighted by atomic mass is 16.4. The van der Waals surface area contributed by atoms with Crippen LogP contribution in [0.25, 0.3) is 0 Å². The van der Waals surface area contributed by atoms with Gasteiger partial charge in [-0.1, -0.05) is 66.2 Å². The molecule has 0 heterocycles. The first-order chi connectivity index (χ1) is 9.11. The van der Waals surface area contributed by atoms with Crippen LogP contribution in [0.4, 0.5) is 0 Å². The van der Waals surface area contributed by atoms with E-state index in [1.165, 1.54) is 6.42 Å². The quantitative estimate of drug-likeness (QED) is 0.743. The third-order valence-electron chi connectivity index (χ3n) is 2.32. The van der Waals surface area contributed by atoms with Crippen molar-refractivity contribution in [2.75, 3.05) is 0 Å². The van der Waals surface area contributed by atoms with Gasteiger partial charge in [0.2, 0.25) is 0 Å². The number of hydrogen-bond acceptors (Lipinski definition) is 1. The summed E-state index contributed by atoms with van der Waals surface area (Å²) in [5, 5.41) is 8.48. The zero-order valence-electron chi connectivity index (χ0n) is 14.4. The SMILES string of the molecule is CC.CC(C)CC(C)(C)C.Cc1ccc(C(=O)O)cc1. The highest BCUT2D eigenvalue weighted by molar-refractivity contribution is 5.87. The third kappa shape index (κ3) is 13.1. The average Bonchev–Trinajstić information content (AvgIpc) is 2.29. The highest BCUT2D eigenvalue weighted by Crippen LogP contribution is 2.23. The van der Waals surface area contributed by atoms with Crippen LogP contribution in [0.1, 0.15) is 70.8 Å². The molecule has 116 valence electrons. The van der Waals surface area contributed by atoms with E-state index < -0.39 is 5.97 Å². The van der Waals surface area contributed by atoms with Gasteiger partial charge in [0, 0.05) is 0 Å². The van der Waals surface area contributed by atoms with Crippen LogP contribution in [-0.4, -0.2) is 11.1 Å². The molecule has 1 aromatic carbocycles. The Labute approximate surface area is 125 Å². The number of carboxylic acid groups (broad SMARTS) is 1. The lowest BCUT2D eigenvalue weighted by Gasteiger charge is -2.19. The van der Waals surface area contributed by atoms with Crippen molar-refractivity contribution in [1.29, 1.82) is 0 Å². The minimum atomic E-state index is -0.875. The van der Waals surface area contributed by atoms with Crippen LogP contribution >= 0.6 is 0 Å². The van der Waals surface area contributed by atoms with Crippen LogP contribution in [0.15, 0.2) is 24.3 Å². The Balaban J connectivity index is 0. The molecule has 0 radical (unpaired) electrons. The Morgan fingerprint density at radius 2 is 1.50 bits per heavy atom. The minimum absolute atomic E-state index is 0.339. The van der Waals surface area contributed by atoms with Gasteiger partial charge in [-0.25, -0.2) is 4.79 Å². The van der Waals surface area contributed by atoms with E-state index in [9.17, 15) is 4.79 Å². The second-order valence-electron chi connectivity index (χ2n) is 6.33. The fourth-order valence-corrected chi connectivity index (χ4v) is 1.92. The molecule has 0 aliphatic rings. The zero-order chi connectivity index (χ0) is 16.3. The maximum atomic E-state index is 10.3. The van der Waals surface area contributed by atoms with E-state index in [-0.39, 0.29) is 0 Å². The van der Waals surface area contributed by atoms with Crippen molar-refractivity contribution in [3.05, 3.63) is 35.4 Å². The second-order valence-corrected chi connectivity index (χ2v) is 6.33. The van der Waals surface area contributed by atoms with Crippen molar-refractivity contribution in [2.45, 2.75) is 61.8 Å². The highest BCUT2D eigenvalue weighted by Gasteiger charge is 2.11. The molecule has 0 atom stereocenters. The fourth-order valence-electron chi connectivity index (χ4n) is 1.92. The van der Waals surface area contributed by atoms with Crippen molar-refractivity contribution < 1.29 is 9.90 Å². The van der Waals surface area contributed by atoms with Gasteiger partial charge >= 0.3 is 5.97 Å². The van der Waals surface area contributed by atoms with Crippen LogP contribution in [0, 0.1) is 18.3 Å². The largest absolute Gasteiger partial charge is 0.478 e. The summed E-state index contributed by atoms with van der Waals surface area (Å²) in [4.78, 5) is 10.3. The van der Waals surface area contributed by atoms with Crippen LogP contribution in [0.5, 0.6) is 0 Å². The maximum Gasteiger partial charge on any atom is 0.335 e. The lowest BCUT2D eigenvalue weighted by molar-refractivity contribution is 0.0697. The Kier molecular flexibility index (Phi) is 11.0. The summed E-state index contributed by atoms with van der Waals surface area (Å²) in [6.45, 7) is 17.3. The molecule has 0 aromatic heterocycles. The summed E-state index contributed by atoms with van der Waals surface area (Å²) in [5.74, 6) is -0.0324. The molecule has 0 bridgehead atoms. The first-order valence-electron chi connectivity index (χ1n) is 7.42. The van der Waals surface area contributed by atoms with E-state index in [4.69, 9.17) is 5.11 Å². The molecule has 0 unspecified atom stereocenters. The molecule has 1 aromatic rings. The fraction of sp³-hybridized carbons (Fsp3) is 0.611. The molecule has 2 nitrogen and oxygen atoms in total. The summed E-state index contributed by atoms with van der Waals surface area (Å²) in [6, 6.07) is 6.75. The Hall–Kier alpha value is -1.31. The van der Waals surface area contributed by atoms with E-state index in [2.05, 4.69) is 34.6 Å². The van der Waals surface area contributed by atoms with E-state index in [1.807, 2.05) is 20.8 Å². The standard InChI is InChI=1S/C8H8O2.C8H18.C2H6/c1-6-2-4-7(5-3-6)8(9)10;1-7(2)6-8(3,4)5;1-2/h2-5H,1H3,(H,9,10);7H,6H2,1-5H3;1-2H3. The molecule has 0 fully saturated rings. The van der Waals surface area contributed by atoms with Crippen LogP contribution in [0.2, 0.25) is 0 Å². The van der Waals surface area contributed by atoms with Crippen molar-refractivity contribution in [1.82, 2.24) is 0 Å². The first-order valence-corrected chi connectivity index (χ1v) is 7.42. The van der Waals surface area contributed by atoms with E-state index in [0.29, 0.717) is 11.0 Å². The van der Waals surface area contributed by atoms with Gasteiger partial charge in [-0.2, -0.15) is 0 Å². The number of hydrogen-bond donors (Lipinski definition) is 1. The molecular formula is C18H32O2. The van der Waals surface area contributed by atoms with Gasteiger partial charge in [-0.15, -0.1) is 0 Å². The van der Waals surface area contributed by atoms with E-state index >= 15 is 0 Å². The predicted molar refractivity (Wildman–Crippen MR) is 88.4 cm³/mol. The van der Waals surface area contributed by atoms with Crippen LogP contribution < -0.4 is 0 Å². The van der Waals surface area contributed by atoms with Gasteiger partial charge in [0.25, 0.3) is 0 Å². The second kappa shape index (κ2) is 10.5. The monoisotopic (exact) mass is 280 g/mol. The predicted octanol–water partition coefficient (Wildman–Crippen LogP) is 5.80. The topological polar surface area (TPSA) is 37.3 Å². The zero-order valence-corrected chi connectivity index (χ0v) is 14.4. The first kappa shape index (κ1) is 21.0. The van der Waals surface area contributed by atoms with Crippen LogP contribution in [0.3, 0.4) is 0 Å². The molecule has 2 heteroatoms. The Morgan fingerprint density at radius 1 is 1.10 bits per heavy atom. The molecule has 1 N–H and O–H groups in total. The summed E-state index contributed by atoms with van der Waals surface area (Å²) in [6.07, 6.45) is 1.33. The van der Waals surface area contributed by atoms with Gasteiger partial charge in [-0.05, 0) is 36.8 Å². The van der Waals surface area contributed by atoms with Gasteiger partial charge in [0.1, 0.15) is 0 Å². The molecule has 1 rings (SSSR count). The lowest BCUT2D eigenvalue weighted by Crippen LogP contribution is -2.08. The third-order valence-corrected chi connectivity index (χ3v) is 2.32. The summed E-state index contributed by atoms with van der Waals surface area (Å²) in [5.41, 5.74) is 1.93. The minimum Gasteiger partial charge on any atom is -0.478 e. The summed E-state index contributed by atoms with van der Waals surface area (Å²) < 4.78 is 0. The number of carbonyl (C=O) groups is 1. The molecule has 0 amide bonds. The van der Waals surface area contributed by atoms with Crippen molar-refractivity contribution in [3.8, 4) is 0 Å². The summed E-state index contributed by atoms with van der Waals surface area (Å²) >= 11 is 0. The summed E-state index contributed by atoms with van der Waals surface area (Å²) in [7, 11) is 0. The molecule has 0 spiro atoms. The van der Waals surface area contributed by atoms with Gasteiger partial charge in [0.15, 0.2) is 0 Å². The molecule has 20 heavy (non-hydrogen) atoms. The molecular weight excluding hydrogens is 248 g/mol. The van der Waals surface area contributed by atoms with Crippen molar-refractivity contribution >= 4 is 5.97 Å². The normalized spacial score (nSPS) is 10.1. The van der Waals surface area contributed by atoms with Crippen molar-refractivity contribution in [3.63, 3.8) is 0 Å². The Morgan fingerprint density at radius 3 is 1.70 bits per heavy atom. The molecule has 0 saturated carbocycles. The van der Waals surface area contributed by atoms with Gasteiger partial charge < -0.3 is 5.11 Å². The maximum absolute atomic E-state index is 10.3. The average molecular weight is 280 g/mol. The lowest BCUT2D eigenvalue weighted by atomic mass is 9.86. The number of aryl methyl sites for hydroxylation is 1. The van der Waals surface area contributed by atoms with Gasteiger partial charge in [-0.3, -0.25) is 0 Å². The molecule has 0 saturated heterocycles. The number of benzene rings is 1. The molecule has 0 aliphatic heterocycles. The van der Waals surface area contributed by atoms with Gasteiger partial charge in [0.05, 0.1) is 5.56 Å². The smallest absolute Gasteiger partial charge is 0.335 e. The number of aromatic carboxylic acids is 1. The van der Waals surface area contributed by atoms with Crippen LogP contribution in [-0.2, 0) is 0 Å². The molecule has 0 aliphatic carbocycles. The van der Waals surface area contributed by atoms with E-state index in [0.717, 1.165) is 11.5 Å². The number of carboxylic acids is 1.